The van der Waals surface area contributed by atoms with Gasteiger partial charge in [0.05, 0.1) is 0 Å². The smallest absolute Gasteiger partial charge is 0.196 e. The second-order valence-electron chi connectivity index (χ2n) is 1.77. The Balaban J connectivity index is 0.000001000. The molecule has 0 bridgehead atoms. The van der Waals surface area contributed by atoms with Gasteiger partial charge in [-0.3, -0.25) is 9.59 Å². The fraction of sp³-hybridized carbons (Fsp3) is 0. The van der Waals surface area contributed by atoms with Gasteiger partial charge in [0.2, 0.25) is 0 Å². The highest BCUT2D eigenvalue weighted by atomic mass is 16.1. The van der Waals surface area contributed by atoms with Crippen molar-refractivity contribution in [1.82, 2.24) is 6.15 Å². The minimum absolute atomic E-state index is 0. The van der Waals surface area contributed by atoms with Crippen LogP contribution in [0.15, 0.2) is 23.8 Å². The standard InChI is InChI=1S/C7H3NO2.H3N/c8-4-5-3-6(9)1-2-7(5)10;/h1-3H;1H3. The van der Waals surface area contributed by atoms with Crippen molar-refractivity contribution in [2.45, 2.75) is 0 Å². The molecular formula is C7H6N2O2. The molecule has 3 N–H and O–H groups in total. The molecule has 0 aliphatic heterocycles. The molecule has 0 amide bonds. The molecule has 0 heterocycles. The number of allylic oxidation sites excluding steroid dienone is 4. The summed E-state index contributed by atoms with van der Waals surface area (Å²) in [7, 11) is 0. The number of rotatable bonds is 0. The van der Waals surface area contributed by atoms with Gasteiger partial charge < -0.3 is 6.15 Å². The Bertz CT molecular complexity index is 294. The lowest BCUT2D eigenvalue weighted by Crippen LogP contribution is -2.05. The van der Waals surface area contributed by atoms with Crippen LogP contribution in [0.5, 0.6) is 0 Å². The molecule has 11 heavy (non-hydrogen) atoms. The molecule has 0 fully saturated rings. The number of nitriles is 1. The van der Waals surface area contributed by atoms with E-state index in [1.165, 1.54) is 0 Å². The first-order valence-electron chi connectivity index (χ1n) is 2.62. The van der Waals surface area contributed by atoms with Crippen LogP contribution in [0.25, 0.3) is 0 Å². The van der Waals surface area contributed by atoms with Crippen LogP contribution in [0.3, 0.4) is 0 Å². The fourth-order valence-electron chi connectivity index (χ4n) is 0.596. The van der Waals surface area contributed by atoms with Gasteiger partial charge in [-0.1, -0.05) is 0 Å². The average molecular weight is 150 g/mol. The van der Waals surface area contributed by atoms with Crippen molar-refractivity contribution < 1.29 is 9.59 Å². The number of hydrogen-bond acceptors (Lipinski definition) is 4. The molecule has 1 aliphatic rings. The summed E-state index contributed by atoms with van der Waals surface area (Å²) in [5.74, 6) is -0.710. The highest BCUT2D eigenvalue weighted by molar-refractivity contribution is 6.19. The molecule has 0 aromatic carbocycles. The summed E-state index contributed by atoms with van der Waals surface area (Å²) in [4.78, 5) is 21.2. The van der Waals surface area contributed by atoms with E-state index in [-0.39, 0.29) is 17.5 Å². The van der Waals surface area contributed by atoms with Gasteiger partial charge in [-0.25, -0.2) is 0 Å². The van der Waals surface area contributed by atoms with E-state index < -0.39 is 5.78 Å². The molecule has 0 radical (unpaired) electrons. The number of carbonyl (C=O) groups is 2. The largest absolute Gasteiger partial charge is 0.344 e. The van der Waals surface area contributed by atoms with Crippen molar-refractivity contribution in [1.29, 1.82) is 5.26 Å². The predicted octanol–water partition coefficient (Wildman–Crippen LogP) is 0.306. The summed E-state index contributed by atoms with van der Waals surface area (Å²) >= 11 is 0. The van der Waals surface area contributed by atoms with E-state index in [9.17, 15) is 9.59 Å². The third kappa shape index (κ3) is 1.85. The lowest BCUT2D eigenvalue weighted by Gasteiger charge is -1.94. The van der Waals surface area contributed by atoms with Gasteiger partial charge in [0.25, 0.3) is 0 Å². The van der Waals surface area contributed by atoms with Crippen molar-refractivity contribution in [2.24, 2.45) is 0 Å². The van der Waals surface area contributed by atoms with Crippen LogP contribution in [0, 0.1) is 11.3 Å². The second kappa shape index (κ2) is 3.44. The summed E-state index contributed by atoms with van der Waals surface area (Å²) in [6.07, 6.45) is 3.27. The Morgan fingerprint density at radius 3 is 2.36 bits per heavy atom. The van der Waals surface area contributed by atoms with Crippen molar-refractivity contribution in [3.8, 4) is 6.07 Å². The van der Waals surface area contributed by atoms with Crippen molar-refractivity contribution in [2.75, 3.05) is 0 Å². The maximum absolute atomic E-state index is 10.6. The van der Waals surface area contributed by atoms with Gasteiger partial charge in [-0.15, -0.1) is 0 Å². The Morgan fingerprint density at radius 2 is 1.91 bits per heavy atom. The zero-order valence-electron chi connectivity index (χ0n) is 5.70. The number of hydrogen-bond donors (Lipinski definition) is 1. The molecule has 1 rings (SSSR count). The highest BCUT2D eigenvalue weighted by Gasteiger charge is 2.11. The first-order chi connectivity index (χ1) is 4.74. The van der Waals surface area contributed by atoms with Crippen LogP contribution >= 0.6 is 0 Å². The summed E-state index contributed by atoms with van der Waals surface area (Å²) in [6, 6.07) is 1.62. The minimum atomic E-state index is -0.401. The van der Waals surface area contributed by atoms with E-state index in [1.54, 1.807) is 6.07 Å². The molecule has 0 aromatic heterocycles. The fourth-order valence-corrected chi connectivity index (χ4v) is 0.596. The van der Waals surface area contributed by atoms with Crippen LogP contribution < -0.4 is 6.15 Å². The number of ketones is 2. The van der Waals surface area contributed by atoms with Crippen LogP contribution in [0.2, 0.25) is 0 Å². The second-order valence-corrected chi connectivity index (χ2v) is 1.77. The van der Waals surface area contributed by atoms with Gasteiger partial charge in [0.15, 0.2) is 11.6 Å². The topological polar surface area (TPSA) is 92.9 Å². The molecule has 1 aliphatic carbocycles. The van der Waals surface area contributed by atoms with E-state index in [0.29, 0.717) is 0 Å². The maximum atomic E-state index is 10.6. The molecule has 0 saturated heterocycles. The molecule has 0 atom stereocenters. The van der Waals surface area contributed by atoms with Gasteiger partial charge >= 0.3 is 0 Å². The van der Waals surface area contributed by atoms with Crippen LogP contribution in [-0.4, -0.2) is 11.6 Å². The first-order valence-corrected chi connectivity index (χ1v) is 2.62. The molecule has 0 saturated carbocycles. The molecular weight excluding hydrogens is 144 g/mol. The number of nitrogens with zero attached hydrogens (tertiary/aromatic N) is 1. The summed E-state index contributed by atoms with van der Waals surface area (Å²) in [6.45, 7) is 0. The highest BCUT2D eigenvalue weighted by Crippen LogP contribution is 2.02. The number of carbonyl (C=O) groups excluding carboxylic acids is 2. The third-order valence-corrected chi connectivity index (χ3v) is 1.07. The molecule has 0 unspecified atom stereocenters. The predicted molar refractivity (Wildman–Crippen MR) is 37.9 cm³/mol. The third-order valence-electron chi connectivity index (χ3n) is 1.07. The summed E-state index contributed by atoms with van der Waals surface area (Å²) in [5, 5.41) is 8.25. The van der Waals surface area contributed by atoms with Crippen molar-refractivity contribution in [3.05, 3.63) is 23.8 Å². The van der Waals surface area contributed by atoms with E-state index in [1.807, 2.05) is 0 Å². The van der Waals surface area contributed by atoms with Crippen LogP contribution in [0.4, 0.5) is 0 Å². The lowest BCUT2D eigenvalue weighted by molar-refractivity contribution is -0.114. The van der Waals surface area contributed by atoms with Gasteiger partial charge in [0.1, 0.15) is 11.6 Å². The molecule has 0 aromatic rings. The van der Waals surface area contributed by atoms with Crippen molar-refractivity contribution >= 4 is 11.6 Å². The molecule has 4 nitrogen and oxygen atoms in total. The van der Waals surface area contributed by atoms with E-state index in [0.717, 1.165) is 18.2 Å². The van der Waals surface area contributed by atoms with Gasteiger partial charge in [0, 0.05) is 6.08 Å². The Hall–Kier alpha value is -1.73. The zero-order valence-corrected chi connectivity index (χ0v) is 5.70. The van der Waals surface area contributed by atoms with E-state index in [2.05, 4.69) is 0 Å². The Kier molecular flexibility index (Phi) is 2.90. The maximum Gasteiger partial charge on any atom is 0.196 e. The van der Waals surface area contributed by atoms with Crippen LogP contribution in [-0.2, 0) is 9.59 Å². The van der Waals surface area contributed by atoms with Crippen LogP contribution in [0.1, 0.15) is 0 Å². The summed E-state index contributed by atoms with van der Waals surface area (Å²) < 4.78 is 0. The normalized spacial score (nSPS) is 15.0. The van der Waals surface area contributed by atoms with Gasteiger partial charge in [-0.05, 0) is 12.2 Å². The SMILES string of the molecule is N.N#CC1=CC(=O)C=CC1=O. The first kappa shape index (κ1) is 9.27. The summed E-state index contributed by atoms with van der Waals surface area (Å²) in [5.41, 5.74) is -0.0903. The molecule has 4 heteroatoms. The van der Waals surface area contributed by atoms with E-state index >= 15 is 0 Å². The lowest BCUT2D eigenvalue weighted by atomic mass is 10.1. The molecule has 56 valence electrons. The van der Waals surface area contributed by atoms with Gasteiger partial charge in [-0.2, -0.15) is 5.26 Å². The van der Waals surface area contributed by atoms with Crippen molar-refractivity contribution in [3.63, 3.8) is 0 Å². The van der Waals surface area contributed by atoms with E-state index in [4.69, 9.17) is 5.26 Å². The molecule has 0 spiro atoms. The zero-order chi connectivity index (χ0) is 7.56. The monoisotopic (exact) mass is 150 g/mol. The average Bonchev–Trinajstić information content (AvgIpc) is 1.94. The minimum Gasteiger partial charge on any atom is -0.344 e. The Morgan fingerprint density at radius 1 is 1.27 bits per heavy atom. The quantitative estimate of drug-likeness (QED) is 0.502. The Labute approximate surface area is 63.4 Å².